The Bertz CT molecular complexity index is 984. The largest absolute Gasteiger partial charge is 0.406 e. The number of halogens is 1. The molecule has 162 valence electrons. The normalized spacial score (nSPS) is 15.3. The summed E-state index contributed by atoms with van der Waals surface area (Å²) in [7, 11) is 0. The van der Waals surface area contributed by atoms with Crippen LogP contribution < -0.4 is 10.2 Å². The number of rotatable bonds is 7. The van der Waals surface area contributed by atoms with Gasteiger partial charge in [0.05, 0.1) is 6.42 Å². The molecule has 0 radical (unpaired) electrons. The molecule has 1 aromatic heterocycles. The molecule has 6 nitrogen and oxygen atoms in total. The van der Waals surface area contributed by atoms with Crippen molar-refractivity contribution in [2.45, 2.75) is 44.6 Å². The van der Waals surface area contributed by atoms with Crippen molar-refractivity contribution < 1.29 is 13.6 Å². The number of hydrogen-bond donors (Lipinski definition) is 1. The van der Waals surface area contributed by atoms with E-state index in [0.29, 0.717) is 23.9 Å². The van der Waals surface area contributed by atoms with Crippen molar-refractivity contribution in [2.75, 3.05) is 18.0 Å². The number of anilines is 1. The highest BCUT2D eigenvalue weighted by Gasteiger charge is 2.24. The lowest BCUT2D eigenvalue weighted by Crippen LogP contribution is -2.31. The Hall–Kier alpha value is -3.22. The van der Waals surface area contributed by atoms with Crippen molar-refractivity contribution in [3.8, 4) is 0 Å². The molecule has 1 fully saturated rings. The highest BCUT2D eigenvalue weighted by atomic mass is 19.1. The minimum Gasteiger partial charge on any atom is -0.406 e. The van der Waals surface area contributed by atoms with Gasteiger partial charge in [0.2, 0.25) is 11.8 Å². The summed E-state index contributed by atoms with van der Waals surface area (Å²) < 4.78 is 19.5. The standard InChI is InChI=1S/C24H27FN4O2/c25-20-12-8-11-19(15-20)17-22(30)26-21(16-18-9-4-3-5-10-18)23-27-28-24(31-23)29-13-6-1-2-7-14-29/h3-5,8-12,15,21H,1-2,6-7,13-14,16-17H2,(H,26,30)/t21-/m0/s1. The van der Waals surface area contributed by atoms with Gasteiger partial charge in [-0.1, -0.05) is 60.4 Å². The second-order valence-corrected chi connectivity index (χ2v) is 7.94. The van der Waals surface area contributed by atoms with Gasteiger partial charge in [0.15, 0.2) is 0 Å². The molecule has 1 N–H and O–H groups in total. The fourth-order valence-corrected chi connectivity index (χ4v) is 3.88. The minimum absolute atomic E-state index is 0.0795. The topological polar surface area (TPSA) is 71.3 Å². The first-order valence-corrected chi connectivity index (χ1v) is 10.8. The van der Waals surface area contributed by atoms with E-state index in [1.54, 1.807) is 12.1 Å². The summed E-state index contributed by atoms with van der Waals surface area (Å²) in [6, 6.07) is 16.0. The summed E-state index contributed by atoms with van der Waals surface area (Å²) in [5, 5.41) is 11.5. The van der Waals surface area contributed by atoms with E-state index in [9.17, 15) is 9.18 Å². The molecule has 1 aliphatic rings. The molecule has 0 saturated carbocycles. The molecule has 4 rings (SSSR count). The van der Waals surface area contributed by atoms with Crippen LogP contribution in [0.2, 0.25) is 0 Å². The molecule has 7 heteroatoms. The van der Waals surface area contributed by atoms with Crippen LogP contribution in [0.1, 0.15) is 48.7 Å². The highest BCUT2D eigenvalue weighted by molar-refractivity contribution is 5.79. The zero-order chi connectivity index (χ0) is 21.5. The first-order chi connectivity index (χ1) is 15.2. The lowest BCUT2D eigenvalue weighted by molar-refractivity contribution is -0.121. The third kappa shape index (κ3) is 5.90. The molecular formula is C24H27FN4O2. The molecule has 1 amide bonds. The van der Waals surface area contributed by atoms with Crippen LogP contribution in [0.5, 0.6) is 0 Å². The first-order valence-electron chi connectivity index (χ1n) is 10.8. The van der Waals surface area contributed by atoms with E-state index in [4.69, 9.17) is 4.42 Å². The van der Waals surface area contributed by atoms with Crippen LogP contribution in [0, 0.1) is 5.82 Å². The summed E-state index contributed by atoms with van der Waals surface area (Å²) in [6.07, 6.45) is 5.24. The van der Waals surface area contributed by atoms with E-state index >= 15 is 0 Å². The zero-order valence-electron chi connectivity index (χ0n) is 17.5. The third-order valence-electron chi connectivity index (χ3n) is 5.48. The second-order valence-electron chi connectivity index (χ2n) is 7.94. The van der Waals surface area contributed by atoms with Gasteiger partial charge >= 0.3 is 6.01 Å². The Labute approximate surface area is 181 Å². The lowest BCUT2D eigenvalue weighted by Gasteiger charge is -2.18. The van der Waals surface area contributed by atoms with Crippen LogP contribution in [0.4, 0.5) is 10.4 Å². The maximum Gasteiger partial charge on any atom is 0.318 e. The highest BCUT2D eigenvalue weighted by Crippen LogP contribution is 2.23. The maximum atomic E-state index is 13.5. The van der Waals surface area contributed by atoms with Crippen molar-refractivity contribution in [2.24, 2.45) is 0 Å². The van der Waals surface area contributed by atoms with Gasteiger partial charge in [0, 0.05) is 19.5 Å². The van der Waals surface area contributed by atoms with E-state index < -0.39 is 6.04 Å². The number of hydrogen-bond acceptors (Lipinski definition) is 5. The van der Waals surface area contributed by atoms with Crippen molar-refractivity contribution >= 4 is 11.9 Å². The predicted octanol–water partition coefficient (Wildman–Crippen LogP) is 4.23. The number of benzene rings is 2. The average Bonchev–Trinajstić information content (AvgIpc) is 3.09. The molecule has 2 heterocycles. The van der Waals surface area contributed by atoms with E-state index in [-0.39, 0.29) is 18.1 Å². The molecule has 31 heavy (non-hydrogen) atoms. The van der Waals surface area contributed by atoms with E-state index in [0.717, 1.165) is 31.5 Å². The number of nitrogens with one attached hydrogen (secondary N) is 1. The number of nitrogens with zero attached hydrogens (tertiary/aromatic N) is 3. The van der Waals surface area contributed by atoms with Gasteiger partial charge in [-0.15, -0.1) is 5.10 Å². The molecule has 0 bridgehead atoms. The van der Waals surface area contributed by atoms with Gasteiger partial charge in [-0.3, -0.25) is 4.79 Å². The predicted molar refractivity (Wildman–Crippen MR) is 116 cm³/mol. The van der Waals surface area contributed by atoms with Crippen LogP contribution in [-0.2, 0) is 17.6 Å². The van der Waals surface area contributed by atoms with Crippen molar-refractivity contribution in [3.63, 3.8) is 0 Å². The van der Waals surface area contributed by atoms with Crippen LogP contribution in [0.15, 0.2) is 59.0 Å². The number of carbonyl (C=O) groups is 1. The van der Waals surface area contributed by atoms with Crippen LogP contribution >= 0.6 is 0 Å². The van der Waals surface area contributed by atoms with Gasteiger partial charge in [-0.05, 0) is 36.1 Å². The number of carbonyl (C=O) groups excluding carboxylic acids is 1. The van der Waals surface area contributed by atoms with Gasteiger partial charge in [0.25, 0.3) is 0 Å². The fourth-order valence-electron chi connectivity index (χ4n) is 3.88. The maximum absolute atomic E-state index is 13.5. The number of amides is 1. The van der Waals surface area contributed by atoms with Crippen LogP contribution in [0.25, 0.3) is 0 Å². The molecule has 0 aliphatic carbocycles. The van der Waals surface area contributed by atoms with Crippen molar-refractivity contribution in [1.82, 2.24) is 15.5 Å². The second kappa shape index (κ2) is 10.2. The minimum atomic E-state index is -0.461. The Kier molecular flexibility index (Phi) is 6.92. The zero-order valence-corrected chi connectivity index (χ0v) is 17.5. The third-order valence-corrected chi connectivity index (χ3v) is 5.48. The summed E-state index contributed by atoms with van der Waals surface area (Å²) in [4.78, 5) is 14.8. The Balaban J connectivity index is 1.50. The van der Waals surface area contributed by atoms with Crippen molar-refractivity contribution in [1.29, 1.82) is 0 Å². The summed E-state index contributed by atoms with van der Waals surface area (Å²) in [5.41, 5.74) is 1.67. The monoisotopic (exact) mass is 422 g/mol. The fraction of sp³-hybridized carbons (Fsp3) is 0.375. The molecular weight excluding hydrogens is 395 g/mol. The van der Waals surface area contributed by atoms with Crippen LogP contribution in [-0.4, -0.2) is 29.2 Å². The Morgan fingerprint density at radius 2 is 1.74 bits per heavy atom. The Morgan fingerprint density at radius 3 is 2.48 bits per heavy atom. The smallest absolute Gasteiger partial charge is 0.318 e. The molecule has 1 saturated heterocycles. The van der Waals surface area contributed by atoms with E-state index in [1.807, 2.05) is 30.3 Å². The van der Waals surface area contributed by atoms with Gasteiger partial charge < -0.3 is 14.6 Å². The molecule has 3 aromatic rings. The number of aromatic nitrogens is 2. The lowest BCUT2D eigenvalue weighted by atomic mass is 10.1. The molecule has 1 atom stereocenters. The van der Waals surface area contributed by atoms with Gasteiger partial charge in [-0.2, -0.15) is 0 Å². The Morgan fingerprint density at radius 1 is 1.00 bits per heavy atom. The van der Waals surface area contributed by atoms with Gasteiger partial charge in [-0.25, -0.2) is 4.39 Å². The van der Waals surface area contributed by atoms with Crippen molar-refractivity contribution in [3.05, 3.63) is 77.4 Å². The van der Waals surface area contributed by atoms with Crippen LogP contribution in [0.3, 0.4) is 0 Å². The average molecular weight is 423 g/mol. The van der Waals surface area contributed by atoms with E-state index in [1.165, 1.54) is 25.0 Å². The molecule has 1 aliphatic heterocycles. The quantitative estimate of drug-likeness (QED) is 0.617. The van der Waals surface area contributed by atoms with E-state index in [2.05, 4.69) is 20.4 Å². The molecule has 2 aromatic carbocycles. The molecule has 0 spiro atoms. The first kappa shape index (κ1) is 21.0. The summed E-state index contributed by atoms with van der Waals surface area (Å²) in [5.74, 6) is -0.193. The SMILES string of the molecule is O=C(Cc1cccc(F)c1)N[C@@H](Cc1ccccc1)c1nnc(N2CCCCCC2)o1. The summed E-state index contributed by atoms with van der Waals surface area (Å²) >= 11 is 0. The molecule has 0 unspecified atom stereocenters. The van der Waals surface area contributed by atoms with Gasteiger partial charge in [0.1, 0.15) is 11.9 Å². The summed E-state index contributed by atoms with van der Waals surface area (Å²) in [6.45, 7) is 1.80.